The van der Waals surface area contributed by atoms with Gasteiger partial charge in [0, 0.05) is 12.7 Å². The Bertz CT molecular complexity index is 792. The van der Waals surface area contributed by atoms with Crippen LogP contribution in [0.1, 0.15) is 37.3 Å². The molecule has 1 aliphatic carbocycles. The molecule has 0 aliphatic heterocycles. The van der Waals surface area contributed by atoms with Gasteiger partial charge in [0.15, 0.2) is 0 Å². The van der Waals surface area contributed by atoms with Crippen molar-refractivity contribution in [3.05, 3.63) is 34.6 Å². The maximum atomic E-state index is 13.6. The van der Waals surface area contributed by atoms with Gasteiger partial charge < -0.3 is 10.4 Å². The molecule has 0 radical (unpaired) electrons. The lowest BCUT2D eigenvalue weighted by Crippen LogP contribution is -2.33. The Kier molecular flexibility index (Phi) is 5.73. The molecule has 2 N–H and O–H groups in total. The zero-order valence-electron chi connectivity index (χ0n) is 13.6. The van der Waals surface area contributed by atoms with E-state index < -0.39 is 45.4 Å². The van der Waals surface area contributed by atoms with Crippen LogP contribution in [-0.4, -0.2) is 37.4 Å². The molecule has 0 saturated heterocycles. The number of hydrogen-bond acceptors (Lipinski definition) is 4. The molecular formula is C16H19ClFNO5S. The number of rotatable bonds is 8. The van der Waals surface area contributed by atoms with Crippen LogP contribution in [-0.2, 0) is 19.4 Å². The van der Waals surface area contributed by atoms with E-state index in [0.717, 1.165) is 12.3 Å². The van der Waals surface area contributed by atoms with Crippen molar-refractivity contribution in [2.24, 2.45) is 5.41 Å². The fourth-order valence-corrected chi connectivity index (χ4v) is 4.47. The first kappa shape index (κ1) is 19.7. The summed E-state index contributed by atoms with van der Waals surface area (Å²) in [6.07, 6.45) is 1.95. The summed E-state index contributed by atoms with van der Waals surface area (Å²) in [7, 11) is -3.21. The maximum absolute atomic E-state index is 13.6. The van der Waals surface area contributed by atoms with Gasteiger partial charge in [-0.05, 0) is 36.0 Å². The molecule has 1 fully saturated rings. The highest BCUT2D eigenvalue weighted by Gasteiger charge is 2.46. The van der Waals surface area contributed by atoms with Crippen molar-refractivity contribution in [2.75, 3.05) is 12.0 Å². The largest absolute Gasteiger partial charge is 0.481 e. The molecule has 1 aliphatic rings. The monoisotopic (exact) mass is 391 g/mol. The Morgan fingerprint density at radius 1 is 1.40 bits per heavy atom. The van der Waals surface area contributed by atoms with Crippen molar-refractivity contribution in [3.8, 4) is 0 Å². The average Bonchev–Trinajstić information content (AvgIpc) is 3.17. The smallest absolute Gasteiger partial charge is 0.305 e. The van der Waals surface area contributed by atoms with Crippen LogP contribution in [0.2, 0.25) is 5.02 Å². The van der Waals surface area contributed by atoms with Crippen LogP contribution in [0.5, 0.6) is 0 Å². The van der Waals surface area contributed by atoms with E-state index in [1.54, 1.807) is 0 Å². The van der Waals surface area contributed by atoms with Crippen LogP contribution in [0.3, 0.4) is 0 Å². The van der Waals surface area contributed by atoms with Gasteiger partial charge in [-0.15, -0.1) is 0 Å². The number of carbonyl (C=O) groups excluding carboxylic acids is 1. The van der Waals surface area contributed by atoms with Gasteiger partial charge in [-0.2, -0.15) is 0 Å². The second-order valence-electron chi connectivity index (χ2n) is 6.64. The molecule has 9 heteroatoms. The molecule has 1 saturated carbocycles. The van der Waals surface area contributed by atoms with E-state index in [1.165, 1.54) is 12.1 Å². The Hall–Kier alpha value is -1.67. The third kappa shape index (κ3) is 5.97. The molecule has 0 heterocycles. The van der Waals surface area contributed by atoms with E-state index >= 15 is 0 Å². The van der Waals surface area contributed by atoms with Gasteiger partial charge >= 0.3 is 5.97 Å². The van der Waals surface area contributed by atoms with Gasteiger partial charge in [-0.3, -0.25) is 9.59 Å². The number of carboxylic acid groups (broad SMARTS) is 1. The molecule has 1 unspecified atom stereocenters. The molecule has 0 bridgehead atoms. The lowest BCUT2D eigenvalue weighted by molar-refractivity contribution is -0.137. The third-order valence-electron chi connectivity index (χ3n) is 4.12. The van der Waals surface area contributed by atoms with E-state index in [2.05, 4.69) is 5.32 Å². The number of aliphatic carboxylic acids is 1. The minimum Gasteiger partial charge on any atom is -0.481 e. The summed E-state index contributed by atoms with van der Waals surface area (Å²) < 4.78 is 36.5. The minimum atomic E-state index is -3.21. The zero-order chi connectivity index (χ0) is 18.8. The summed E-state index contributed by atoms with van der Waals surface area (Å²) in [6.45, 7) is 0. The number of amides is 1. The van der Waals surface area contributed by atoms with Gasteiger partial charge in [0.25, 0.3) is 0 Å². The maximum Gasteiger partial charge on any atom is 0.305 e. The Labute approximate surface area is 150 Å². The standard InChI is InChI=1S/C16H19ClFNO5S/c1-25(23,24)9-16(4-5-16)8-14(20)19-13(7-15(21)22)10-2-3-11(17)12(18)6-10/h2-3,6,13H,4-5,7-9H2,1H3,(H,19,20)(H,21,22). The number of sulfone groups is 1. The summed E-state index contributed by atoms with van der Waals surface area (Å²) in [6, 6.07) is 2.90. The van der Waals surface area contributed by atoms with Gasteiger partial charge in [0.2, 0.25) is 5.91 Å². The fraction of sp³-hybridized carbons (Fsp3) is 0.500. The lowest BCUT2D eigenvalue weighted by atomic mass is 10.0. The molecule has 1 atom stereocenters. The van der Waals surface area contributed by atoms with Crippen LogP contribution >= 0.6 is 11.6 Å². The van der Waals surface area contributed by atoms with Crippen molar-refractivity contribution >= 4 is 33.3 Å². The first-order valence-electron chi connectivity index (χ1n) is 7.64. The minimum absolute atomic E-state index is 0.00768. The van der Waals surface area contributed by atoms with E-state index in [-0.39, 0.29) is 22.8 Å². The van der Waals surface area contributed by atoms with Crippen molar-refractivity contribution in [2.45, 2.75) is 31.7 Å². The molecule has 1 aromatic carbocycles. The van der Waals surface area contributed by atoms with Crippen molar-refractivity contribution in [1.29, 1.82) is 0 Å². The van der Waals surface area contributed by atoms with E-state index in [0.29, 0.717) is 12.8 Å². The molecule has 138 valence electrons. The van der Waals surface area contributed by atoms with Crippen molar-refractivity contribution in [3.63, 3.8) is 0 Å². The Morgan fingerprint density at radius 3 is 2.52 bits per heavy atom. The Balaban J connectivity index is 2.10. The molecule has 1 amide bonds. The normalized spacial score (nSPS) is 16.9. The van der Waals surface area contributed by atoms with Gasteiger partial charge in [-0.1, -0.05) is 17.7 Å². The first-order chi connectivity index (χ1) is 11.5. The number of hydrogen-bond donors (Lipinski definition) is 2. The predicted molar refractivity (Wildman–Crippen MR) is 90.5 cm³/mol. The number of carbonyl (C=O) groups is 2. The summed E-state index contributed by atoms with van der Waals surface area (Å²) in [4.78, 5) is 23.3. The van der Waals surface area contributed by atoms with E-state index in [1.807, 2.05) is 0 Å². The predicted octanol–water partition coefficient (Wildman–Crippen LogP) is 2.33. The first-order valence-corrected chi connectivity index (χ1v) is 10.1. The quantitative estimate of drug-likeness (QED) is 0.708. The number of halogens is 2. The summed E-state index contributed by atoms with van der Waals surface area (Å²) in [5.74, 6) is -2.40. The lowest BCUT2D eigenvalue weighted by Gasteiger charge is -2.20. The zero-order valence-corrected chi connectivity index (χ0v) is 15.2. The summed E-state index contributed by atoms with van der Waals surface area (Å²) in [5.41, 5.74) is -0.290. The molecule has 0 aromatic heterocycles. The summed E-state index contributed by atoms with van der Waals surface area (Å²) in [5, 5.41) is 11.5. The number of nitrogens with one attached hydrogen (secondary N) is 1. The average molecular weight is 392 g/mol. The van der Waals surface area contributed by atoms with Crippen LogP contribution < -0.4 is 5.32 Å². The molecule has 0 spiro atoms. The van der Waals surface area contributed by atoms with Crippen LogP contribution in [0, 0.1) is 11.2 Å². The number of benzene rings is 1. The topological polar surface area (TPSA) is 101 Å². The Morgan fingerprint density at radius 2 is 2.04 bits per heavy atom. The second-order valence-corrected chi connectivity index (χ2v) is 9.19. The molecular weight excluding hydrogens is 373 g/mol. The highest BCUT2D eigenvalue weighted by molar-refractivity contribution is 7.90. The molecule has 25 heavy (non-hydrogen) atoms. The highest BCUT2D eigenvalue weighted by Crippen LogP contribution is 2.49. The number of carboxylic acids is 1. The molecule has 6 nitrogen and oxygen atoms in total. The van der Waals surface area contributed by atoms with Gasteiger partial charge in [-0.25, -0.2) is 12.8 Å². The van der Waals surface area contributed by atoms with Crippen LogP contribution in [0.15, 0.2) is 18.2 Å². The third-order valence-corrected chi connectivity index (χ3v) is 5.56. The van der Waals surface area contributed by atoms with Crippen LogP contribution in [0.4, 0.5) is 4.39 Å². The second kappa shape index (κ2) is 7.29. The van der Waals surface area contributed by atoms with Crippen molar-refractivity contribution < 1.29 is 27.5 Å². The highest BCUT2D eigenvalue weighted by atomic mass is 35.5. The van der Waals surface area contributed by atoms with E-state index in [4.69, 9.17) is 16.7 Å². The van der Waals surface area contributed by atoms with E-state index in [9.17, 15) is 22.4 Å². The van der Waals surface area contributed by atoms with Crippen LogP contribution in [0.25, 0.3) is 0 Å². The SMILES string of the molecule is CS(=O)(=O)CC1(CC(=O)NC(CC(=O)O)c2ccc(Cl)c(F)c2)CC1. The van der Waals surface area contributed by atoms with Gasteiger partial charge in [0.05, 0.1) is 23.2 Å². The summed E-state index contributed by atoms with van der Waals surface area (Å²) >= 11 is 5.62. The van der Waals surface area contributed by atoms with Crippen molar-refractivity contribution in [1.82, 2.24) is 5.32 Å². The molecule has 2 rings (SSSR count). The van der Waals surface area contributed by atoms with Gasteiger partial charge in [0.1, 0.15) is 15.7 Å². The fourth-order valence-electron chi connectivity index (χ4n) is 2.85. The molecule has 1 aromatic rings.